The summed E-state index contributed by atoms with van der Waals surface area (Å²) in [5.41, 5.74) is -0.522. The second-order valence-corrected chi connectivity index (χ2v) is 3.09. The molecule has 0 aliphatic heterocycles. The van der Waals surface area contributed by atoms with Gasteiger partial charge in [-0.2, -0.15) is 0 Å². The molecule has 1 unspecified atom stereocenters. The van der Waals surface area contributed by atoms with Crippen LogP contribution in [-0.2, 0) is 4.74 Å². The quantitative estimate of drug-likeness (QED) is 0.720. The number of carbonyl (C=O) groups excluding carboxylic acids is 1. The van der Waals surface area contributed by atoms with Gasteiger partial charge in [0.15, 0.2) is 5.78 Å². The van der Waals surface area contributed by atoms with Crippen molar-refractivity contribution in [1.29, 1.82) is 0 Å². The molecule has 1 atom stereocenters. The number of carbonyl (C=O) groups is 1. The average Bonchev–Trinajstić information content (AvgIpc) is 2.19. The molecule has 1 aromatic rings. The van der Waals surface area contributed by atoms with E-state index in [0.29, 0.717) is 6.42 Å². The van der Waals surface area contributed by atoms with Crippen molar-refractivity contribution < 1.29 is 18.3 Å². The molecule has 1 aromatic carbocycles. The summed E-state index contributed by atoms with van der Waals surface area (Å²) in [5.74, 6) is -2.36. The van der Waals surface area contributed by atoms with E-state index in [1.807, 2.05) is 0 Å². The van der Waals surface area contributed by atoms with E-state index in [1.165, 1.54) is 13.2 Å². The number of methoxy groups -OCH3 is 1. The van der Waals surface area contributed by atoms with Crippen LogP contribution >= 0.6 is 0 Å². The lowest BCUT2D eigenvalue weighted by atomic mass is 10.0. The Morgan fingerprint density at radius 2 is 1.93 bits per heavy atom. The molecule has 0 aromatic heterocycles. The molecule has 0 N–H and O–H groups in total. The van der Waals surface area contributed by atoms with Crippen molar-refractivity contribution in [3.05, 3.63) is 35.4 Å². The van der Waals surface area contributed by atoms with E-state index in [1.54, 1.807) is 6.92 Å². The SMILES string of the molecule is CCC(OC)C(=O)c1c(F)cccc1F. The van der Waals surface area contributed by atoms with Crippen LogP contribution in [0.2, 0.25) is 0 Å². The highest BCUT2D eigenvalue weighted by atomic mass is 19.1. The van der Waals surface area contributed by atoms with Crippen LogP contribution in [-0.4, -0.2) is 19.0 Å². The predicted molar refractivity (Wildman–Crippen MR) is 51.8 cm³/mol. The Kier molecular flexibility index (Phi) is 3.91. The first-order valence-electron chi connectivity index (χ1n) is 4.62. The standard InChI is InChI=1S/C11H12F2O2/c1-3-9(15-2)11(14)10-7(12)5-4-6-8(10)13/h4-6,9H,3H2,1-2H3. The Morgan fingerprint density at radius 1 is 1.40 bits per heavy atom. The Morgan fingerprint density at radius 3 is 2.33 bits per heavy atom. The van der Waals surface area contributed by atoms with Gasteiger partial charge in [-0.1, -0.05) is 13.0 Å². The van der Waals surface area contributed by atoms with Crippen molar-refractivity contribution in [3.63, 3.8) is 0 Å². The normalized spacial score (nSPS) is 12.5. The molecule has 4 heteroatoms. The van der Waals surface area contributed by atoms with Crippen LogP contribution in [0.1, 0.15) is 23.7 Å². The second kappa shape index (κ2) is 4.98. The number of Topliss-reactive ketones (excluding diaryl/α,β-unsaturated/α-hetero) is 1. The van der Waals surface area contributed by atoms with Gasteiger partial charge in [0.1, 0.15) is 17.7 Å². The van der Waals surface area contributed by atoms with Crippen LogP contribution < -0.4 is 0 Å². The first-order valence-corrected chi connectivity index (χ1v) is 4.62. The van der Waals surface area contributed by atoms with Crippen molar-refractivity contribution in [3.8, 4) is 0 Å². The smallest absolute Gasteiger partial charge is 0.197 e. The number of rotatable bonds is 4. The Hall–Kier alpha value is -1.29. The highest BCUT2D eigenvalue weighted by Gasteiger charge is 2.24. The summed E-state index contributed by atoms with van der Waals surface area (Å²) in [5, 5.41) is 0. The highest BCUT2D eigenvalue weighted by Crippen LogP contribution is 2.16. The van der Waals surface area contributed by atoms with Crippen LogP contribution in [0.15, 0.2) is 18.2 Å². The van der Waals surface area contributed by atoms with Gasteiger partial charge in [-0.3, -0.25) is 4.79 Å². The minimum atomic E-state index is -0.851. The maximum Gasteiger partial charge on any atom is 0.197 e. The van der Waals surface area contributed by atoms with Crippen LogP contribution in [0.3, 0.4) is 0 Å². The van der Waals surface area contributed by atoms with E-state index in [-0.39, 0.29) is 0 Å². The summed E-state index contributed by atoms with van der Waals surface area (Å²) in [6, 6.07) is 3.33. The molecule has 0 radical (unpaired) electrons. The molecule has 0 aliphatic carbocycles. The monoisotopic (exact) mass is 214 g/mol. The molecule has 15 heavy (non-hydrogen) atoms. The van der Waals surface area contributed by atoms with Gasteiger partial charge in [0, 0.05) is 7.11 Å². The molecule has 1 rings (SSSR count). The first kappa shape index (κ1) is 11.8. The molecule has 2 nitrogen and oxygen atoms in total. The molecule has 0 amide bonds. The summed E-state index contributed by atoms with van der Waals surface area (Å²) in [6.07, 6.45) is -0.417. The number of benzene rings is 1. The van der Waals surface area contributed by atoms with E-state index in [0.717, 1.165) is 12.1 Å². The lowest BCUT2D eigenvalue weighted by Gasteiger charge is -2.12. The summed E-state index contributed by atoms with van der Waals surface area (Å²) in [6.45, 7) is 1.71. The van der Waals surface area contributed by atoms with Crippen LogP contribution in [0.4, 0.5) is 8.78 Å². The average molecular weight is 214 g/mol. The second-order valence-electron chi connectivity index (χ2n) is 3.09. The molecule has 0 saturated carbocycles. The molecule has 0 heterocycles. The number of ketones is 1. The lowest BCUT2D eigenvalue weighted by Crippen LogP contribution is -2.24. The molecular formula is C11H12F2O2. The van der Waals surface area contributed by atoms with Gasteiger partial charge >= 0.3 is 0 Å². The van der Waals surface area contributed by atoms with Crippen molar-refractivity contribution in [1.82, 2.24) is 0 Å². The fourth-order valence-electron chi connectivity index (χ4n) is 1.35. The largest absolute Gasteiger partial charge is 0.373 e. The van der Waals surface area contributed by atoms with Gasteiger partial charge in [0.05, 0.1) is 5.56 Å². The summed E-state index contributed by atoms with van der Waals surface area (Å²) >= 11 is 0. The summed E-state index contributed by atoms with van der Waals surface area (Å²) in [4.78, 5) is 11.6. The number of ether oxygens (including phenoxy) is 1. The minimum Gasteiger partial charge on any atom is -0.373 e. The molecule has 0 aliphatic rings. The number of hydrogen-bond donors (Lipinski definition) is 0. The van der Waals surface area contributed by atoms with Crippen molar-refractivity contribution in [2.75, 3.05) is 7.11 Å². The number of hydrogen-bond acceptors (Lipinski definition) is 2. The van der Waals surface area contributed by atoms with Gasteiger partial charge in [0.25, 0.3) is 0 Å². The van der Waals surface area contributed by atoms with Crippen LogP contribution in [0.5, 0.6) is 0 Å². The third-order valence-electron chi connectivity index (χ3n) is 2.16. The van der Waals surface area contributed by atoms with E-state index in [2.05, 4.69) is 0 Å². The highest BCUT2D eigenvalue weighted by molar-refractivity contribution is 5.99. The lowest BCUT2D eigenvalue weighted by molar-refractivity contribution is 0.0587. The van der Waals surface area contributed by atoms with Gasteiger partial charge in [-0.05, 0) is 18.6 Å². The summed E-state index contributed by atoms with van der Waals surface area (Å²) < 4.78 is 31.3. The first-order chi connectivity index (χ1) is 7.11. The third kappa shape index (κ3) is 2.39. The zero-order chi connectivity index (χ0) is 11.4. The van der Waals surface area contributed by atoms with Crippen LogP contribution in [0, 0.1) is 11.6 Å². The maximum atomic E-state index is 13.2. The fraction of sp³-hybridized carbons (Fsp3) is 0.364. The van der Waals surface area contributed by atoms with E-state index in [4.69, 9.17) is 4.74 Å². The number of halogens is 2. The van der Waals surface area contributed by atoms with E-state index in [9.17, 15) is 13.6 Å². The molecular weight excluding hydrogens is 202 g/mol. The zero-order valence-corrected chi connectivity index (χ0v) is 8.59. The zero-order valence-electron chi connectivity index (χ0n) is 8.59. The fourth-order valence-corrected chi connectivity index (χ4v) is 1.35. The van der Waals surface area contributed by atoms with Gasteiger partial charge in [0.2, 0.25) is 0 Å². The molecule has 0 fully saturated rings. The van der Waals surface area contributed by atoms with E-state index >= 15 is 0 Å². The maximum absolute atomic E-state index is 13.2. The third-order valence-corrected chi connectivity index (χ3v) is 2.16. The van der Waals surface area contributed by atoms with Crippen molar-refractivity contribution >= 4 is 5.78 Å². The van der Waals surface area contributed by atoms with Gasteiger partial charge in [-0.25, -0.2) is 8.78 Å². The Balaban J connectivity index is 3.10. The minimum absolute atomic E-state index is 0.378. The van der Waals surface area contributed by atoms with Gasteiger partial charge < -0.3 is 4.74 Å². The van der Waals surface area contributed by atoms with Crippen molar-refractivity contribution in [2.24, 2.45) is 0 Å². The predicted octanol–water partition coefficient (Wildman–Crippen LogP) is 2.57. The Bertz CT molecular complexity index is 339. The van der Waals surface area contributed by atoms with Crippen molar-refractivity contribution in [2.45, 2.75) is 19.4 Å². The van der Waals surface area contributed by atoms with E-state index < -0.39 is 29.1 Å². The summed E-state index contributed by atoms with van der Waals surface area (Å²) in [7, 11) is 1.34. The topological polar surface area (TPSA) is 26.3 Å². The molecule has 0 bridgehead atoms. The molecule has 0 spiro atoms. The molecule has 82 valence electrons. The van der Waals surface area contributed by atoms with Gasteiger partial charge in [-0.15, -0.1) is 0 Å². The Labute approximate surface area is 86.9 Å². The van der Waals surface area contributed by atoms with Crippen LogP contribution in [0.25, 0.3) is 0 Å². The molecule has 0 saturated heterocycles.